The van der Waals surface area contributed by atoms with Gasteiger partial charge < -0.3 is 4.57 Å². The number of hydrogen-bond donors (Lipinski definition) is 0. The smallest absolute Gasteiger partial charge is 0.109 e. The van der Waals surface area contributed by atoms with Crippen LogP contribution in [0.25, 0.3) is 10.6 Å². The molecule has 2 aromatic rings. The largest absolute Gasteiger partial charge is 0.334 e. The van der Waals surface area contributed by atoms with Crippen molar-refractivity contribution in [3.8, 4) is 10.6 Å². The van der Waals surface area contributed by atoms with E-state index in [1.54, 1.807) is 11.3 Å². The van der Waals surface area contributed by atoms with Crippen molar-refractivity contribution < 1.29 is 0 Å². The molecule has 0 aromatic carbocycles. The molecular formula is C10H10N2S. The van der Waals surface area contributed by atoms with Gasteiger partial charge in [0.05, 0.1) is 10.6 Å². The lowest BCUT2D eigenvalue weighted by atomic mass is 10.3. The molecule has 0 N–H and O–H groups in total. The van der Waals surface area contributed by atoms with Crippen LogP contribution in [0.5, 0.6) is 0 Å². The standard InChI is InChI=1S/C10H10N2S/c1-4-10-11-8(7-12(10)5-1)9-3-2-6-13-9/h2-3,6-7H,1,4-5H2. The number of imidazole rings is 1. The first-order valence-corrected chi connectivity index (χ1v) is 5.41. The van der Waals surface area contributed by atoms with Gasteiger partial charge in [0.15, 0.2) is 0 Å². The van der Waals surface area contributed by atoms with E-state index in [2.05, 4.69) is 33.3 Å². The van der Waals surface area contributed by atoms with Crippen molar-refractivity contribution in [1.82, 2.24) is 9.55 Å². The SMILES string of the molecule is c1csc(-c2cn3c(n2)CCC3)c1. The molecule has 0 fully saturated rings. The normalized spacial score (nSPS) is 14.8. The molecule has 0 radical (unpaired) electrons. The highest BCUT2D eigenvalue weighted by atomic mass is 32.1. The van der Waals surface area contributed by atoms with Crippen molar-refractivity contribution in [3.05, 3.63) is 29.5 Å². The Kier molecular flexibility index (Phi) is 1.52. The van der Waals surface area contributed by atoms with Gasteiger partial charge in [-0.3, -0.25) is 0 Å². The van der Waals surface area contributed by atoms with Crippen LogP contribution in [-0.2, 0) is 13.0 Å². The van der Waals surface area contributed by atoms with Crippen LogP contribution >= 0.6 is 11.3 Å². The number of rotatable bonds is 1. The summed E-state index contributed by atoms with van der Waals surface area (Å²) in [4.78, 5) is 5.89. The second-order valence-electron chi connectivity index (χ2n) is 3.32. The second kappa shape index (κ2) is 2.70. The highest BCUT2D eigenvalue weighted by molar-refractivity contribution is 7.13. The maximum absolute atomic E-state index is 4.61. The lowest BCUT2D eigenvalue weighted by Crippen LogP contribution is -1.87. The molecule has 3 heterocycles. The summed E-state index contributed by atoms with van der Waals surface area (Å²) < 4.78 is 2.27. The van der Waals surface area contributed by atoms with E-state index in [1.807, 2.05) is 0 Å². The minimum absolute atomic E-state index is 1.14. The molecule has 0 aliphatic carbocycles. The molecule has 66 valence electrons. The molecule has 3 heteroatoms. The quantitative estimate of drug-likeness (QED) is 0.675. The van der Waals surface area contributed by atoms with Crippen LogP contribution in [0.2, 0.25) is 0 Å². The average Bonchev–Trinajstić information content (AvgIpc) is 2.78. The van der Waals surface area contributed by atoms with Gasteiger partial charge in [0.2, 0.25) is 0 Å². The van der Waals surface area contributed by atoms with Gasteiger partial charge in [-0.1, -0.05) is 6.07 Å². The van der Waals surface area contributed by atoms with Crippen LogP contribution in [0.4, 0.5) is 0 Å². The molecule has 3 rings (SSSR count). The number of hydrogen-bond acceptors (Lipinski definition) is 2. The maximum atomic E-state index is 4.61. The highest BCUT2D eigenvalue weighted by Crippen LogP contribution is 2.26. The summed E-state index contributed by atoms with van der Waals surface area (Å²) in [5.41, 5.74) is 1.14. The average molecular weight is 190 g/mol. The number of fused-ring (bicyclic) bond motifs is 1. The molecule has 0 saturated heterocycles. The Morgan fingerprint density at radius 1 is 1.46 bits per heavy atom. The summed E-state index contributed by atoms with van der Waals surface area (Å²) in [6.45, 7) is 1.15. The molecule has 0 saturated carbocycles. The van der Waals surface area contributed by atoms with Crippen molar-refractivity contribution in [2.24, 2.45) is 0 Å². The molecule has 0 spiro atoms. The van der Waals surface area contributed by atoms with Crippen molar-refractivity contribution in [2.75, 3.05) is 0 Å². The molecule has 1 aliphatic heterocycles. The lowest BCUT2D eigenvalue weighted by Gasteiger charge is -1.90. The van der Waals surface area contributed by atoms with Gasteiger partial charge in [0.25, 0.3) is 0 Å². The van der Waals surface area contributed by atoms with Crippen LogP contribution in [0.15, 0.2) is 23.7 Å². The van der Waals surface area contributed by atoms with Gasteiger partial charge in [-0.05, 0) is 17.9 Å². The zero-order valence-corrected chi connectivity index (χ0v) is 8.05. The number of aromatic nitrogens is 2. The summed E-state index contributed by atoms with van der Waals surface area (Å²) in [5.74, 6) is 1.25. The Labute approximate surface area is 80.9 Å². The van der Waals surface area contributed by atoms with Crippen molar-refractivity contribution in [3.63, 3.8) is 0 Å². The number of thiophene rings is 1. The maximum Gasteiger partial charge on any atom is 0.109 e. The predicted octanol–water partition coefficient (Wildman–Crippen LogP) is 2.56. The van der Waals surface area contributed by atoms with Gasteiger partial charge in [-0.15, -0.1) is 11.3 Å². The molecular weight excluding hydrogens is 180 g/mol. The second-order valence-corrected chi connectivity index (χ2v) is 4.26. The molecule has 2 nitrogen and oxygen atoms in total. The van der Waals surface area contributed by atoms with Crippen LogP contribution in [0, 0.1) is 0 Å². The minimum atomic E-state index is 1.14. The van der Waals surface area contributed by atoms with Crippen molar-refractivity contribution in [2.45, 2.75) is 19.4 Å². The van der Waals surface area contributed by atoms with Crippen LogP contribution < -0.4 is 0 Å². The third kappa shape index (κ3) is 1.11. The molecule has 2 aromatic heterocycles. The molecule has 0 unspecified atom stereocenters. The van der Waals surface area contributed by atoms with Gasteiger partial charge in [0, 0.05) is 19.2 Å². The monoisotopic (exact) mass is 190 g/mol. The van der Waals surface area contributed by atoms with E-state index in [9.17, 15) is 0 Å². The van der Waals surface area contributed by atoms with Crippen LogP contribution in [0.3, 0.4) is 0 Å². The van der Waals surface area contributed by atoms with E-state index >= 15 is 0 Å². The first-order chi connectivity index (χ1) is 6.43. The molecule has 13 heavy (non-hydrogen) atoms. The minimum Gasteiger partial charge on any atom is -0.334 e. The van der Waals surface area contributed by atoms with E-state index in [0.29, 0.717) is 0 Å². The Morgan fingerprint density at radius 3 is 3.23 bits per heavy atom. The highest BCUT2D eigenvalue weighted by Gasteiger charge is 2.14. The lowest BCUT2D eigenvalue weighted by molar-refractivity contribution is 0.750. The fourth-order valence-corrected chi connectivity index (χ4v) is 2.48. The van der Waals surface area contributed by atoms with E-state index in [-0.39, 0.29) is 0 Å². The van der Waals surface area contributed by atoms with Crippen LogP contribution in [0.1, 0.15) is 12.2 Å². The van der Waals surface area contributed by atoms with Gasteiger partial charge >= 0.3 is 0 Å². The van der Waals surface area contributed by atoms with Crippen molar-refractivity contribution in [1.29, 1.82) is 0 Å². The van der Waals surface area contributed by atoms with Crippen LogP contribution in [-0.4, -0.2) is 9.55 Å². The fourth-order valence-electron chi connectivity index (χ4n) is 1.80. The molecule has 1 aliphatic rings. The summed E-state index contributed by atoms with van der Waals surface area (Å²) in [7, 11) is 0. The predicted molar refractivity (Wildman–Crippen MR) is 53.9 cm³/mol. The molecule has 0 amide bonds. The van der Waals surface area contributed by atoms with E-state index < -0.39 is 0 Å². The number of aryl methyl sites for hydroxylation is 2. The van der Waals surface area contributed by atoms with Gasteiger partial charge in [0.1, 0.15) is 5.82 Å². The zero-order valence-electron chi connectivity index (χ0n) is 7.23. The third-order valence-corrected chi connectivity index (χ3v) is 3.32. The van der Waals surface area contributed by atoms with Crippen molar-refractivity contribution >= 4 is 11.3 Å². The Balaban J connectivity index is 2.08. The first kappa shape index (κ1) is 7.33. The van der Waals surface area contributed by atoms with Gasteiger partial charge in [-0.2, -0.15) is 0 Å². The fraction of sp³-hybridized carbons (Fsp3) is 0.300. The number of nitrogens with zero attached hydrogens (tertiary/aromatic N) is 2. The zero-order chi connectivity index (χ0) is 8.67. The summed E-state index contributed by atoms with van der Waals surface area (Å²) in [6.07, 6.45) is 4.58. The third-order valence-electron chi connectivity index (χ3n) is 2.43. The van der Waals surface area contributed by atoms with E-state index in [1.165, 1.54) is 17.1 Å². The van der Waals surface area contributed by atoms with E-state index in [0.717, 1.165) is 18.7 Å². The molecule has 0 atom stereocenters. The summed E-state index contributed by atoms with van der Waals surface area (Å²) in [6, 6.07) is 4.20. The topological polar surface area (TPSA) is 17.8 Å². The summed E-state index contributed by atoms with van der Waals surface area (Å²) in [5, 5.41) is 2.10. The van der Waals surface area contributed by atoms with E-state index in [4.69, 9.17) is 0 Å². The van der Waals surface area contributed by atoms with Gasteiger partial charge in [-0.25, -0.2) is 4.98 Å². The first-order valence-electron chi connectivity index (χ1n) is 4.53. The Bertz CT molecular complexity index is 393. The Hall–Kier alpha value is -1.09. The molecule has 0 bridgehead atoms. The Morgan fingerprint density at radius 2 is 2.46 bits per heavy atom. The summed E-state index contributed by atoms with van der Waals surface area (Å²) >= 11 is 1.76.